The van der Waals surface area contributed by atoms with Crippen LogP contribution in [-0.2, 0) is 19.1 Å². The molecule has 0 radical (unpaired) electrons. The molecule has 3 aromatic rings. The van der Waals surface area contributed by atoms with E-state index in [1.54, 1.807) is 34.6 Å². The number of esters is 1. The fourth-order valence-corrected chi connectivity index (χ4v) is 6.33. The quantitative estimate of drug-likeness (QED) is 0.231. The second kappa shape index (κ2) is 11.7. The van der Waals surface area contributed by atoms with Crippen LogP contribution < -0.4 is 20.9 Å². The lowest BCUT2D eigenvalue weighted by Crippen LogP contribution is -2.70. The van der Waals surface area contributed by atoms with Crippen molar-refractivity contribution >= 4 is 35.3 Å². The third-order valence-electron chi connectivity index (χ3n) is 6.79. The lowest BCUT2D eigenvalue weighted by molar-refractivity contribution is -0.153. The number of carbonyl (C=O) groups is 3. The molecule has 11 heteroatoms. The molecule has 5 rings (SSSR count). The van der Waals surface area contributed by atoms with E-state index in [0.717, 1.165) is 0 Å². The minimum Gasteiger partial charge on any atom is -0.486 e. The Labute approximate surface area is 252 Å². The van der Waals surface area contributed by atoms with E-state index in [1.165, 1.54) is 16.7 Å². The Morgan fingerprint density at radius 1 is 0.930 bits per heavy atom. The molecule has 1 N–H and O–H groups in total. The van der Waals surface area contributed by atoms with Gasteiger partial charge < -0.3 is 19.5 Å². The van der Waals surface area contributed by atoms with Crippen molar-refractivity contribution in [2.24, 2.45) is 0 Å². The van der Waals surface area contributed by atoms with E-state index in [0.29, 0.717) is 11.1 Å². The first-order valence-corrected chi connectivity index (χ1v) is 14.9. The van der Waals surface area contributed by atoms with Crippen LogP contribution in [0.2, 0.25) is 0 Å². The number of hydrogen-bond acceptors (Lipinski definition) is 9. The standard InChI is InChI=1S/C32H32N2O8S/c1-17(2)40-27-21(24(35)25(27)36)20-16-43-29-22(33-31(39)42-32(3,4)5)28(37)34(29)23(20)30(38)41-26(18-12-8-6-9-13-18)19-14-10-7-11-15-19/h6-15,17,22,26,29H,16H2,1-5H3,(H,33,39)/t22?,29-/m1/s1. The highest BCUT2D eigenvalue weighted by Crippen LogP contribution is 2.45. The van der Waals surface area contributed by atoms with Crippen LogP contribution in [0, 0.1) is 0 Å². The second-order valence-electron chi connectivity index (χ2n) is 11.5. The highest BCUT2D eigenvalue weighted by molar-refractivity contribution is 8.00. The Kier molecular flexibility index (Phi) is 8.20. The first-order chi connectivity index (χ1) is 20.4. The number of nitrogens with one attached hydrogen (secondary N) is 1. The number of β-lactam (4-membered cyclic amide) rings is 1. The minimum absolute atomic E-state index is 0.0380. The predicted molar refractivity (Wildman–Crippen MR) is 161 cm³/mol. The fraction of sp³-hybridized carbons (Fsp3) is 0.344. The molecule has 0 saturated carbocycles. The summed E-state index contributed by atoms with van der Waals surface area (Å²) in [7, 11) is 0. The van der Waals surface area contributed by atoms with E-state index >= 15 is 0 Å². The van der Waals surface area contributed by atoms with E-state index in [-0.39, 0.29) is 28.3 Å². The van der Waals surface area contributed by atoms with Crippen molar-refractivity contribution < 1.29 is 28.6 Å². The summed E-state index contributed by atoms with van der Waals surface area (Å²) in [6.07, 6.45) is -2.01. The van der Waals surface area contributed by atoms with Gasteiger partial charge in [0.2, 0.25) is 5.43 Å². The smallest absolute Gasteiger partial charge is 0.408 e. The second-order valence-corrected chi connectivity index (χ2v) is 12.6. The van der Waals surface area contributed by atoms with Gasteiger partial charge in [0.25, 0.3) is 11.3 Å². The molecule has 0 aliphatic carbocycles. The van der Waals surface area contributed by atoms with Crippen LogP contribution in [0.25, 0.3) is 5.57 Å². The van der Waals surface area contributed by atoms with E-state index in [2.05, 4.69) is 5.32 Å². The number of benzene rings is 2. The van der Waals surface area contributed by atoms with E-state index in [4.69, 9.17) is 14.2 Å². The van der Waals surface area contributed by atoms with Gasteiger partial charge >= 0.3 is 12.1 Å². The largest absolute Gasteiger partial charge is 0.486 e. The maximum atomic E-state index is 14.1. The van der Waals surface area contributed by atoms with Crippen molar-refractivity contribution in [3.63, 3.8) is 0 Å². The predicted octanol–water partition coefficient (Wildman–Crippen LogP) is 3.92. The van der Waals surface area contributed by atoms with Crippen LogP contribution in [0.5, 0.6) is 5.75 Å². The average molecular weight is 605 g/mol. The number of hydrogen-bond donors (Lipinski definition) is 1. The van der Waals surface area contributed by atoms with E-state index in [1.807, 2.05) is 60.7 Å². The van der Waals surface area contributed by atoms with Gasteiger partial charge in [-0.1, -0.05) is 60.7 Å². The van der Waals surface area contributed by atoms with Crippen LogP contribution in [0.15, 0.2) is 75.9 Å². The molecule has 2 atom stereocenters. The van der Waals surface area contributed by atoms with Gasteiger partial charge in [0.1, 0.15) is 22.7 Å². The summed E-state index contributed by atoms with van der Waals surface area (Å²) < 4.78 is 17.1. The number of nitrogens with zero attached hydrogens (tertiary/aromatic N) is 1. The van der Waals surface area contributed by atoms with Gasteiger partial charge in [-0.05, 0) is 45.7 Å². The molecule has 2 aliphatic heterocycles. The Morgan fingerprint density at radius 3 is 2.05 bits per heavy atom. The molecule has 0 spiro atoms. The zero-order valence-corrected chi connectivity index (χ0v) is 25.2. The van der Waals surface area contributed by atoms with Crippen LogP contribution >= 0.6 is 11.8 Å². The van der Waals surface area contributed by atoms with Gasteiger partial charge in [-0.2, -0.15) is 0 Å². The summed E-state index contributed by atoms with van der Waals surface area (Å²) in [5.41, 5.74) is -0.992. The first kappa shape index (κ1) is 30.1. The van der Waals surface area contributed by atoms with Crippen LogP contribution in [0.3, 0.4) is 0 Å². The molecule has 1 unspecified atom stereocenters. The Bertz CT molecular complexity index is 1610. The van der Waals surface area contributed by atoms with Crippen molar-refractivity contribution in [2.45, 2.75) is 63.8 Å². The molecule has 10 nitrogen and oxygen atoms in total. The minimum atomic E-state index is -0.970. The molecule has 0 bridgehead atoms. The molecule has 0 aromatic heterocycles. The van der Waals surface area contributed by atoms with Gasteiger partial charge in [0.05, 0.1) is 11.7 Å². The van der Waals surface area contributed by atoms with Gasteiger partial charge in [-0.15, -0.1) is 11.8 Å². The number of ether oxygens (including phenoxy) is 3. The third kappa shape index (κ3) is 5.94. The average Bonchev–Trinajstić information content (AvgIpc) is 2.97. The molecule has 1 fully saturated rings. The number of amides is 2. The lowest BCUT2D eigenvalue weighted by atomic mass is 9.95. The first-order valence-electron chi connectivity index (χ1n) is 13.9. The fourth-order valence-electron chi connectivity index (χ4n) is 4.97. The molecule has 2 aliphatic rings. The Hall–Kier alpha value is -4.38. The molecule has 2 heterocycles. The maximum absolute atomic E-state index is 14.1. The summed E-state index contributed by atoms with van der Waals surface area (Å²) in [6.45, 7) is 8.55. The molecule has 1 saturated heterocycles. The molecular weight excluding hydrogens is 572 g/mol. The van der Waals surface area contributed by atoms with Gasteiger partial charge in [0.15, 0.2) is 11.9 Å². The van der Waals surface area contributed by atoms with Gasteiger partial charge in [0, 0.05) is 11.3 Å². The van der Waals surface area contributed by atoms with Crippen molar-refractivity contribution in [1.29, 1.82) is 0 Å². The van der Waals surface area contributed by atoms with Crippen molar-refractivity contribution in [3.8, 4) is 5.75 Å². The van der Waals surface area contributed by atoms with Crippen LogP contribution in [-0.4, -0.2) is 51.7 Å². The summed E-state index contributed by atoms with van der Waals surface area (Å²) >= 11 is 1.24. The van der Waals surface area contributed by atoms with Crippen LogP contribution in [0.4, 0.5) is 4.79 Å². The van der Waals surface area contributed by atoms with E-state index < -0.39 is 58.1 Å². The number of rotatable bonds is 8. The summed E-state index contributed by atoms with van der Waals surface area (Å²) in [5.74, 6) is -1.48. The Morgan fingerprint density at radius 2 is 1.51 bits per heavy atom. The van der Waals surface area contributed by atoms with Crippen molar-refractivity contribution in [1.82, 2.24) is 10.2 Å². The highest BCUT2D eigenvalue weighted by atomic mass is 32.2. The number of alkyl carbamates (subject to hydrolysis) is 1. The summed E-state index contributed by atoms with van der Waals surface area (Å²) in [4.78, 5) is 66.7. The van der Waals surface area contributed by atoms with Crippen LogP contribution in [0.1, 0.15) is 57.4 Å². The normalized spacial score (nSPS) is 18.4. The number of thioether (sulfide) groups is 1. The Balaban J connectivity index is 1.55. The third-order valence-corrected chi connectivity index (χ3v) is 8.07. The van der Waals surface area contributed by atoms with Crippen molar-refractivity contribution in [3.05, 3.63) is 103 Å². The number of carbonyl (C=O) groups excluding carboxylic acids is 3. The molecule has 2 amide bonds. The topological polar surface area (TPSA) is 128 Å². The zero-order chi connectivity index (χ0) is 31.1. The van der Waals surface area contributed by atoms with E-state index in [9.17, 15) is 24.0 Å². The summed E-state index contributed by atoms with van der Waals surface area (Å²) in [5, 5.41) is 1.92. The highest BCUT2D eigenvalue weighted by Gasteiger charge is 2.56. The molecule has 224 valence electrons. The van der Waals surface area contributed by atoms with Gasteiger partial charge in [-0.3, -0.25) is 19.3 Å². The molecule has 43 heavy (non-hydrogen) atoms. The van der Waals surface area contributed by atoms with Gasteiger partial charge in [-0.25, -0.2) is 9.59 Å². The lowest BCUT2D eigenvalue weighted by Gasteiger charge is -2.49. The zero-order valence-electron chi connectivity index (χ0n) is 24.4. The SMILES string of the molecule is CC(C)Oc1c(C2=C(C(=O)OC(c3ccccc3)c3ccccc3)N3C(=O)C(NC(=O)OC(C)(C)C)[C@H]3SC2)c(=O)c1=O. The molecule has 3 aromatic carbocycles. The summed E-state index contributed by atoms with van der Waals surface area (Å²) in [6, 6.07) is 17.3. The maximum Gasteiger partial charge on any atom is 0.408 e. The number of fused-ring (bicyclic) bond motifs is 1. The molecular formula is C32H32N2O8S. The monoisotopic (exact) mass is 604 g/mol. The van der Waals surface area contributed by atoms with Crippen molar-refractivity contribution in [2.75, 3.05) is 5.75 Å².